The van der Waals surface area contributed by atoms with E-state index in [4.69, 9.17) is 0 Å². The molecule has 1 saturated heterocycles. The van der Waals surface area contributed by atoms with E-state index < -0.39 is 0 Å². The molecule has 1 atom stereocenters. The second kappa shape index (κ2) is 6.57. The summed E-state index contributed by atoms with van der Waals surface area (Å²) in [5.74, 6) is 0.381. The summed E-state index contributed by atoms with van der Waals surface area (Å²) in [5, 5.41) is 6.50. The summed E-state index contributed by atoms with van der Waals surface area (Å²) in [6.45, 7) is 10.6. The minimum absolute atomic E-state index is 0.0608. The molecule has 0 bridgehead atoms. The van der Waals surface area contributed by atoms with Gasteiger partial charge >= 0.3 is 0 Å². The summed E-state index contributed by atoms with van der Waals surface area (Å²) in [6.07, 6.45) is 4.71. The first-order chi connectivity index (χ1) is 9.87. The van der Waals surface area contributed by atoms with E-state index in [1.54, 1.807) is 11.3 Å². The van der Waals surface area contributed by atoms with Gasteiger partial charge in [-0.15, -0.1) is 11.3 Å². The first-order valence-corrected chi connectivity index (χ1v) is 8.94. The van der Waals surface area contributed by atoms with Gasteiger partial charge in [0.25, 0.3) is 0 Å². The largest absolute Gasteiger partial charge is 0.316 e. The average molecular weight is 308 g/mol. The maximum Gasteiger partial charge on any atom is 0.147 e. The Hall–Kier alpha value is -0.740. The number of thiazole rings is 1. The molecule has 1 aromatic rings. The van der Waals surface area contributed by atoms with Crippen molar-refractivity contribution < 1.29 is 4.79 Å². The Morgan fingerprint density at radius 3 is 2.76 bits per heavy atom. The molecule has 0 saturated carbocycles. The van der Waals surface area contributed by atoms with Crippen LogP contribution in [0.2, 0.25) is 0 Å². The van der Waals surface area contributed by atoms with Crippen LogP contribution in [0.1, 0.15) is 64.1 Å². The third-order valence-corrected chi connectivity index (χ3v) is 5.27. The van der Waals surface area contributed by atoms with E-state index in [-0.39, 0.29) is 10.8 Å². The van der Waals surface area contributed by atoms with Crippen LogP contribution in [0, 0.1) is 5.41 Å². The van der Waals surface area contributed by atoms with Crippen molar-refractivity contribution in [2.24, 2.45) is 5.41 Å². The molecule has 0 aliphatic carbocycles. The number of carbonyl (C=O) groups excluding carboxylic acids is 1. The van der Waals surface area contributed by atoms with E-state index in [2.05, 4.69) is 43.4 Å². The standard InChI is InChI=1S/C17H28N2OS/c1-5-7-17(8-6-9-18-12-17)14(20)10-15-19-13(11-21-15)16(2,3)4/h11,18H,5-10,12H2,1-4H3. The molecule has 2 rings (SSSR count). The van der Waals surface area contributed by atoms with Gasteiger partial charge in [-0.2, -0.15) is 0 Å². The monoisotopic (exact) mass is 308 g/mol. The predicted molar refractivity (Wildman–Crippen MR) is 89.0 cm³/mol. The third kappa shape index (κ3) is 3.92. The Labute approximate surface area is 132 Å². The van der Waals surface area contributed by atoms with Crippen molar-refractivity contribution in [3.63, 3.8) is 0 Å². The molecule has 0 amide bonds. The number of rotatable bonds is 5. The van der Waals surface area contributed by atoms with Crippen LogP contribution in [-0.4, -0.2) is 23.9 Å². The summed E-state index contributed by atoms with van der Waals surface area (Å²) in [7, 11) is 0. The average Bonchev–Trinajstić information content (AvgIpc) is 2.88. The lowest BCUT2D eigenvalue weighted by molar-refractivity contribution is -0.129. The van der Waals surface area contributed by atoms with Crippen LogP contribution in [0.5, 0.6) is 0 Å². The Bertz CT molecular complexity index is 476. The van der Waals surface area contributed by atoms with Crippen molar-refractivity contribution >= 4 is 17.1 Å². The van der Waals surface area contributed by atoms with Gasteiger partial charge in [0.1, 0.15) is 10.8 Å². The van der Waals surface area contributed by atoms with Gasteiger partial charge in [-0.05, 0) is 25.8 Å². The minimum Gasteiger partial charge on any atom is -0.316 e. The second-order valence-electron chi connectivity index (χ2n) is 7.29. The lowest BCUT2D eigenvalue weighted by atomic mass is 9.73. The number of carbonyl (C=O) groups is 1. The lowest BCUT2D eigenvalue weighted by Crippen LogP contribution is -2.46. The van der Waals surface area contributed by atoms with Crippen molar-refractivity contribution in [1.29, 1.82) is 0 Å². The lowest BCUT2D eigenvalue weighted by Gasteiger charge is -2.36. The van der Waals surface area contributed by atoms with Crippen LogP contribution in [-0.2, 0) is 16.6 Å². The Morgan fingerprint density at radius 2 is 2.24 bits per heavy atom. The molecule has 1 aliphatic heterocycles. The predicted octanol–water partition coefficient (Wildman–Crippen LogP) is 3.72. The van der Waals surface area contributed by atoms with E-state index in [9.17, 15) is 4.79 Å². The molecular weight excluding hydrogens is 280 g/mol. The Kier molecular flexibility index (Phi) is 5.20. The zero-order chi connectivity index (χ0) is 15.5. The fraction of sp³-hybridized carbons (Fsp3) is 0.765. The van der Waals surface area contributed by atoms with E-state index in [1.807, 2.05) is 0 Å². The van der Waals surface area contributed by atoms with Gasteiger partial charge in [-0.3, -0.25) is 4.79 Å². The normalized spacial score (nSPS) is 23.2. The molecule has 4 heteroatoms. The molecule has 0 radical (unpaired) electrons. The first kappa shape index (κ1) is 16.6. The van der Waals surface area contributed by atoms with E-state index in [1.165, 1.54) is 0 Å². The molecule has 1 aromatic heterocycles. The van der Waals surface area contributed by atoms with Crippen LogP contribution >= 0.6 is 11.3 Å². The number of nitrogens with one attached hydrogen (secondary N) is 1. The fourth-order valence-electron chi connectivity index (χ4n) is 3.10. The van der Waals surface area contributed by atoms with Crippen molar-refractivity contribution in [2.45, 2.75) is 65.2 Å². The van der Waals surface area contributed by atoms with Crippen molar-refractivity contribution in [3.05, 3.63) is 16.1 Å². The van der Waals surface area contributed by atoms with Gasteiger partial charge in [0.2, 0.25) is 0 Å². The molecule has 2 heterocycles. The minimum atomic E-state index is -0.152. The Balaban J connectivity index is 2.10. The number of hydrogen-bond acceptors (Lipinski definition) is 4. The number of Topliss-reactive ketones (excluding diaryl/α,β-unsaturated/α-hetero) is 1. The molecule has 3 nitrogen and oxygen atoms in total. The molecule has 1 aliphatic rings. The highest BCUT2D eigenvalue weighted by molar-refractivity contribution is 7.09. The molecule has 0 spiro atoms. The molecule has 21 heavy (non-hydrogen) atoms. The fourth-order valence-corrected chi connectivity index (χ4v) is 4.12. The summed E-state index contributed by atoms with van der Waals surface area (Å²) in [6, 6.07) is 0. The zero-order valence-corrected chi connectivity index (χ0v) is 14.6. The first-order valence-electron chi connectivity index (χ1n) is 8.06. The number of hydrogen-bond donors (Lipinski definition) is 1. The highest BCUT2D eigenvalue weighted by Crippen LogP contribution is 2.34. The number of piperidine rings is 1. The van der Waals surface area contributed by atoms with Crippen molar-refractivity contribution in [3.8, 4) is 0 Å². The van der Waals surface area contributed by atoms with E-state index in [0.29, 0.717) is 12.2 Å². The van der Waals surface area contributed by atoms with Gasteiger partial charge < -0.3 is 5.32 Å². The molecular formula is C17H28N2OS. The summed E-state index contributed by atoms with van der Waals surface area (Å²) in [5.41, 5.74) is 1.01. The van der Waals surface area contributed by atoms with Crippen molar-refractivity contribution in [2.75, 3.05) is 13.1 Å². The molecule has 0 aromatic carbocycles. The summed E-state index contributed by atoms with van der Waals surface area (Å²) >= 11 is 1.63. The maximum absolute atomic E-state index is 12.9. The van der Waals surface area contributed by atoms with Crippen LogP contribution < -0.4 is 5.32 Å². The smallest absolute Gasteiger partial charge is 0.147 e. The van der Waals surface area contributed by atoms with Gasteiger partial charge in [0.05, 0.1) is 12.1 Å². The molecule has 118 valence electrons. The molecule has 1 fully saturated rings. The van der Waals surface area contributed by atoms with E-state index in [0.717, 1.165) is 49.5 Å². The Morgan fingerprint density at radius 1 is 1.48 bits per heavy atom. The van der Waals surface area contributed by atoms with Gasteiger partial charge in [0, 0.05) is 22.8 Å². The zero-order valence-electron chi connectivity index (χ0n) is 13.8. The van der Waals surface area contributed by atoms with E-state index >= 15 is 0 Å². The van der Waals surface area contributed by atoms with Gasteiger partial charge in [0.15, 0.2) is 0 Å². The summed E-state index contributed by atoms with van der Waals surface area (Å²) in [4.78, 5) is 17.5. The maximum atomic E-state index is 12.9. The highest BCUT2D eigenvalue weighted by atomic mass is 32.1. The van der Waals surface area contributed by atoms with Crippen LogP contribution in [0.15, 0.2) is 5.38 Å². The van der Waals surface area contributed by atoms with Crippen LogP contribution in [0.4, 0.5) is 0 Å². The number of nitrogens with zero attached hydrogens (tertiary/aromatic N) is 1. The molecule has 1 unspecified atom stereocenters. The number of ketones is 1. The quantitative estimate of drug-likeness (QED) is 0.901. The topological polar surface area (TPSA) is 42.0 Å². The highest BCUT2D eigenvalue weighted by Gasteiger charge is 2.38. The van der Waals surface area contributed by atoms with Gasteiger partial charge in [-0.25, -0.2) is 4.98 Å². The van der Waals surface area contributed by atoms with Crippen molar-refractivity contribution in [1.82, 2.24) is 10.3 Å². The second-order valence-corrected chi connectivity index (χ2v) is 8.23. The molecule has 1 N–H and O–H groups in total. The van der Waals surface area contributed by atoms with Crippen LogP contribution in [0.25, 0.3) is 0 Å². The summed E-state index contributed by atoms with van der Waals surface area (Å²) < 4.78 is 0. The van der Waals surface area contributed by atoms with Gasteiger partial charge in [-0.1, -0.05) is 34.1 Å². The number of aromatic nitrogens is 1. The van der Waals surface area contributed by atoms with Crippen LogP contribution in [0.3, 0.4) is 0 Å². The SMILES string of the molecule is CCCC1(C(=O)Cc2nc(C(C)(C)C)cs2)CCCNC1. The third-order valence-electron chi connectivity index (χ3n) is 4.42.